The Morgan fingerprint density at radius 3 is 2.29 bits per heavy atom. The minimum Gasteiger partial charge on any atom is -0.493 e. The van der Waals surface area contributed by atoms with Crippen LogP contribution in [-0.4, -0.2) is 26.7 Å². The molecule has 0 aliphatic heterocycles. The standard InChI is InChI=1S/C13H17BrO3/c1-15-11-5-4-9(10-6-8(10)7-14)12(16-2)13(11)17-3/h4-5,8,10H,6-7H2,1-3H3. The van der Waals surface area contributed by atoms with E-state index in [1.54, 1.807) is 21.3 Å². The summed E-state index contributed by atoms with van der Waals surface area (Å²) in [5.74, 6) is 3.49. The second-order valence-corrected chi connectivity index (χ2v) is 4.83. The fourth-order valence-electron chi connectivity index (χ4n) is 2.22. The normalized spacial score (nSPS) is 22.1. The molecule has 94 valence electrons. The van der Waals surface area contributed by atoms with Crippen LogP contribution in [0.15, 0.2) is 12.1 Å². The van der Waals surface area contributed by atoms with Gasteiger partial charge in [0.2, 0.25) is 5.75 Å². The first-order valence-corrected chi connectivity index (χ1v) is 6.73. The lowest BCUT2D eigenvalue weighted by Crippen LogP contribution is -1.98. The molecule has 0 bridgehead atoms. The van der Waals surface area contributed by atoms with Gasteiger partial charge in [0.15, 0.2) is 11.5 Å². The molecule has 0 amide bonds. The molecule has 0 radical (unpaired) electrons. The van der Waals surface area contributed by atoms with Crippen LogP contribution >= 0.6 is 15.9 Å². The Hall–Kier alpha value is -0.900. The number of hydrogen-bond donors (Lipinski definition) is 0. The van der Waals surface area contributed by atoms with Crippen molar-refractivity contribution in [2.75, 3.05) is 26.7 Å². The summed E-state index contributed by atoms with van der Waals surface area (Å²) >= 11 is 3.53. The third-order valence-electron chi connectivity index (χ3n) is 3.25. The average molecular weight is 301 g/mol. The quantitative estimate of drug-likeness (QED) is 0.782. The molecule has 0 saturated heterocycles. The van der Waals surface area contributed by atoms with Gasteiger partial charge in [0.05, 0.1) is 21.3 Å². The molecular weight excluding hydrogens is 284 g/mol. The van der Waals surface area contributed by atoms with E-state index < -0.39 is 0 Å². The minimum absolute atomic E-state index is 0.573. The number of hydrogen-bond acceptors (Lipinski definition) is 3. The van der Waals surface area contributed by atoms with Gasteiger partial charge in [0.1, 0.15) is 0 Å². The average Bonchev–Trinajstić information content (AvgIpc) is 3.15. The highest BCUT2D eigenvalue weighted by atomic mass is 79.9. The summed E-state index contributed by atoms with van der Waals surface area (Å²) in [5, 5.41) is 1.04. The number of alkyl halides is 1. The molecule has 1 saturated carbocycles. The van der Waals surface area contributed by atoms with Crippen LogP contribution in [0.25, 0.3) is 0 Å². The number of rotatable bonds is 5. The fraction of sp³-hybridized carbons (Fsp3) is 0.538. The Kier molecular flexibility index (Phi) is 3.82. The second-order valence-electron chi connectivity index (χ2n) is 4.18. The van der Waals surface area contributed by atoms with Crippen molar-refractivity contribution in [1.29, 1.82) is 0 Å². The third kappa shape index (κ3) is 2.23. The lowest BCUT2D eigenvalue weighted by molar-refractivity contribution is 0.322. The number of methoxy groups -OCH3 is 3. The maximum absolute atomic E-state index is 5.48. The third-order valence-corrected chi connectivity index (χ3v) is 4.09. The van der Waals surface area contributed by atoms with E-state index in [0.29, 0.717) is 23.3 Å². The van der Waals surface area contributed by atoms with Crippen molar-refractivity contribution in [3.8, 4) is 17.2 Å². The van der Waals surface area contributed by atoms with E-state index in [-0.39, 0.29) is 0 Å². The van der Waals surface area contributed by atoms with Gasteiger partial charge in [0, 0.05) is 10.9 Å². The van der Waals surface area contributed by atoms with Crippen molar-refractivity contribution in [3.63, 3.8) is 0 Å². The molecule has 17 heavy (non-hydrogen) atoms. The van der Waals surface area contributed by atoms with Gasteiger partial charge in [-0.05, 0) is 24.3 Å². The summed E-state index contributed by atoms with van der Waals surface area (Å²) < 4.78 is 16.1. The van der Waals surface area contributed by atoms with Gasteiger partial charge in [-0.2, -0.15) is 0 Å². The highest BCUT2D eigenvalue weighted by Gasteiger charge is 2.40. The first-order chi connectivity index (χ1) is 8.26. The topological polar surface area (TPSA) is 27.7 Å². The van der Waals surface area contributed by atoms with Gasteiger partial charge in [-0.15, -0.1) is 0 Å². The smallest absolute Gasteiger partial charge is 0.203 e. The summed E-state index contributed by atoms with van der Waals surface area (Å²) in [4.78, 5) is 0. The molecule has 2 rings (SSSR count). The van der Waals surface area contributed by atoms with Gasteiger partial charge in [-0.25, -0.2) is 0 Å². The second kappa shape index (κ2) is 5.17. The van der Waals surface area contributed by atoms with E-state index in [4.69, 9.17) is 14.2 Å². The zero-order valence-electron chi connectivity index (χ0n) is 10.3. The van der Waals surface area contributed by atoms with Gasteiger partial charge >= 0.3 is 0 Å². The van der Waals surface area contributed by atoms with Crippen molar-refractivity contribution < 1.29 is 14.2 Å². The summed E-state index contributed by atoms with van der Waals surface area (Å²) in [5.41, 5.74) is 1.22. The molecule has 1 aliphatic carbocycles. The summed E-state index contributed by atoms with van der Waals surface area (Å²) in [6.45, 7) is 0. The van der Waals surface area contributed by atoms with Gasteiger partial charge in [-0.1, -0.05) is 22.0 Å². The maximum atomic E-state index is 5.48. The highest BCUT2D eigenvalue weighted by molar-refractivity contribution is 9.09. The van der Waals surface area contributed by atoms with Crippen LogP contribution in [0, 0.1) is 5.92 Å². The number of halogens is 1. The van der Waals surface area contributed by atoms with E-state index in [0.717, 1.165) is 11.1 Å². The predicted octanol–water partition coefficient (Wildman–Crippen LogP) is 3.21. The molecule has 1 fully saturated rings. The van der Waals surface area contributed by atoms with Gasteiger partial charge < -0.3 is 14.2 Å². The van der Waals surface area contributed by atoms with E-state index in [1.807, 2.05) is 6.07 Å². The van der Waals surface area contributed by atoms with Crippen molar-refractivity contribution in [2.45, 2.75) is 12.3 Å². The van der Waals surface area contributed by atoms with E-state index >= 15 is 0 Å². The Morgan fingerprint density at radius 2 is 1.82 bits per heavy atom. The molecule has 4 heteroatoms. The minimum atomic E-state index is 0.573. The zero-order chi connectivity index (χ0) is 12.4. The molecular formula is C13H17BrO3. The van der Waals surface area contributed by atoms with Crippen molar-refractivity contribution >= 4 is 15.9 Å². The van der Waals surface area contributed by atoms with Crippen LogP contribution < -0.4 is 14.2 Å². The number of benzene rings is 1. The molecule has 1 aromatic rings. The summed E-state index contributed by atoms with van der Waals surface area (Å²) in [6.07, 6.45) is 1.21. The van der Waals surface area contributed by atoms with Crippen LogP contribution in [0.3, 0.4) is 0 Å². The Morgan fingerprint density at radius 1 is 1.12 bits per heavy atom. The number of ether oxygens (including phenoxy) is 3. The van der Waals surface area contributed by atoms with Crippen molar-refractivity contribution in [1.82, 2.24) is 0 Å². The van der Waals surface area contributed by atoms with Gasteiger partial charge in [0.25, 0.3) is 0 Å². The highest BCUT2D eigenvalue weighted by Crippen LogP contribution is 2.54. The Labute approximate surface area is 110 Å². The van der Waals surface area contributed by atoms with Crippen LogP contribution in [0.1, 0.15) is 17.9 Å². The molecule has 1 aromatic carbocycles. The van der Waals surface area contributed by atoms with E-state index in [9.17, 15) is 0 Å². The first kappa shape index (κ1) is 12.6. The zero-order valence-corrected chi connectivity index (χ0v) is 11.9. The molecule has 0 aromatic heterocycles. The van der Waals surface area contributed by atoms with E-state index in [1.165, 1.54) is 12.0 Å². The Bertz CT molecular complexity index is 406. The largest absolute Gasteiger partial charge is 0.493 e. The van der Waals surface area contributed by atoms with Crippen LogP contribution in [-0.2, 0) is 0 Å². The van der Waals surface area contributed by atoms with Crippen molar-refractivity contribution in [2.24, 2.45) is 5.92 Å². The molecule has 0 heterocycles. The molecule has 2 unspecified atom stereocenters. The maximum Gasteiger partial charge on any atom is 0.203 e. The van der Waals surface area contributed by atoms with Crippen LogP contribution in [0.4, 0.5) is 0 Å². The first-order valence-electron chi connectivity index (χ1n) is 5.61. The molecule has 0 spiro atoms. The molecule has 3 nitrogen and oxygen atoms in total. The summed E-state index contributed by atoms with van der Waals surface area (Å²) in [7, 11) is 4.95. The lowest BCUT2D eigenvalue weighted by Gasteiger charge is -2.15. The van der Waals surface area contributed by atoms with E-state index in [2.05, 4.69) is 22.0 Å². The fourth-order valence-corrected chi connectivity index (χ4v) is 2.93. The molecule has 0 N–H and O–H groups in total. The Balaban J connectivity index is 2.40. The predicted molar refractivity (Wildman–Crippen MR) is 70.7 cm³/mol. The molecule has 2 atom stereocenters. The van der Waals surface area contributed by atoms with Gasteiger partial charge in [-0.3, -0.25) is 0 Å². The van der Waals surface area contributed by atoms with Crippen LogP contribution in [0.2, 0.25) is 0 Å². The molecule has 1 aliphatic rings. The van der Waals surface area contributed by atoms with Crippen LogP contribution in [0.5, 0.6) is 17.2 Å². The summed E-state index contributed by atoms with van der Waals surface area (Å²) in [6, 6.07) is 4.02. The monoisotopic (exact) mass is 300 g/mol. The van der Waals surface area contributed by atoms with Crippen molar-refractivity contribution in [3.05, 3.63) is 17.7 Å². The SMILES string of the molecule is COc1ccc(C2CC2CBr)c(OC)c1OC. The lowest BCUT2D eigenvalue weighted by atomic mass is 10.1.